The molecule has 3 rings (SSSR count). The first kappa shape index (κ1) is 17.0. The number of benzene rings is 2. The summed E-state index contributed by atoms with van der Waals surface area (Å²) >= 11 is 1.27. The van der Waals surface area contributed by atoms with Gasteiger partial charge in [-0.2, -0.15) is 4.68 Å². The molecule has 0 saturated heterocycles. The molecule has 3 aromatic rings. The van der Waals surface area contributed by atoms with Crippen LogP contribution in [0.3, 0.4) is 0 Å². The molecule has 8 heteroatoms. The summed E-state index contributed by atoms with van der Waals surface area (Å²) in [7, 11) is 3.09. The summed E-state index contributed by atoms with van der Waals surface area (Å²) in [5.74, 6) is 1.23. The van der Waals surface area contributed by atoms with Crippen LogP contribution in [0.15, 0.2) is 53.7 Å². The van der Waals surface area contributed by atoms with E-state index in [0.717, 1.165) is 5.69 Å². The van der Waals surface area contributed by atoms with Crippen LogP contribution in [-0.2, 0) is 0 Å². The molecule has 1 heterocycles. The normalized spacial score (nSPS) is 10.5. The number of nitrogens with zero attached hydrogens (tertiary/aromatic N) is 4. The maximum absolute atomic E-state index is 12.5. The SMILES string of the molecule is COc1ccc(C(=O)CSc2nnnn2-c2ccccc2)c(OC)c1. The lowest BCUT2D eigenvalue weighted by Crippen LogP contribution is -2.07. The zero-order valence-electron chi connectivity index (χ0n) is 13.7. The van der Waals surface area contributed by atoms with Gasteiger partial charge in [0.2, 0.25) is 5.16 Å². The zero-order chi connectivity index (χ0) is 17.6. The predicted octanol–water partition coefficient (Wildman–Crippen LogP) is 2.65. The number of aromatic nitrogens is 4. The number of para-hydroxylation sites is 1. The largest absolute Gasteiger partial charge is 0.497 e. The van der Waals surface area contributed by atoms with E-state index in [0.29, 0.717) is 22.2 Å². The molecule has 0 spiro atoms. The number of hydrogen-bond donors (Lipinski definition) is 0. The van der Waals surface area contributed by atoms with Gasteiger partial charge in [0.25, 0.3) is 0 Å². The first-order valence-corrected chi connectivity index (χ1v) is 8.43. The van der Waals surface area contributed by atoms with Gasteiger partial charge >= 0.3 is 0 Å². The standard InChI is InChI=1S/C17H16N4O3S/c1-23-13-8-9-14(16(10-13)24-2)15(22)11-25-17-18-19-20-21(17)12-6-4-3-5-7-12/h3-10H,11H2,1-2H3. The Morgan fingerprint density at radius 1 is 1.12 bits per heavy atom. The Morgan fingerprint density at radius 3 is 2.64 bits per heavy atom. The van der Waals surface area contributed by atoms with Gasteiger partial charge in [0.05, 0.1) is 31.2 Å². The van der Waals surface area contributed by atoms with E-state index < -0.39 is 0 Å². The molecule has 0 amide bonds. The lowest BCUT2D eigenvalue weighted by molar-refractivity contribution is 0.101. The van der Waals surface area contributed by atoms with Gasteiger partial charge in [-0.05, 0) is 34.7 Å². The number of rotatable bonds is 7. The first-order valence-electron chi connectivity index (χ1n) is 7.44. The summed E-state index contributed by atoms with van der Waals surface area (Å²) in [6, 6.07) is 14.6. The fourth-order valence-corrected chi connectivity index (χ4v) is 3.01. The van der Waals surface area contributed by atoms with Crippen molar-refractivity contribution in [3.63, 3.8) is 0 Å². The van der Waals surface area contributed by atoms with E-state index >= 15 is 0 Å². The van der Waals surface area contributed by atoms with E-state index in [1.807, 2.05) is 30.3 Å². The van der Waals surface area contributed by atoms with E-state index in [-0.39, 0.29) is 11.5 Å². The van der Waals surface area contributed by atoms with Gasteiger partial charge in [0.15, 0.2) is 5.78 Å². The molecule has 0 aliphatic rings. The predicted molar refractivity (Wildman–Crippen MR) is 93.8 cm³/mol. The molecular weight excluding hydrogens is 340 g/mol. The molecule has 0 radical (unpaired) electrons. The van der Waals surface area contributed by atoms with Gasteiger partial charge in [-0.15, -0.1) is 5.10 Å². The van der Waals surface area contributed by atoms with Gasteiger partial charge in [0.1, 0.15) is 11.5 Å². The van der Waals surface area contributed by atoms with Crippen LogP contribution in [0.1, 0.15) is 10.4 Å². The fourth-order valence-electron chi connectivity index (χ4n) is 2.24. The fraction of sp³-hybridized carbons (Fsp3) is 0.176. The molecule has 0 atom stereocenters. The van der Waals surface area contributed by atoms with Gasteiger partial charge in [-0.1, -0.05) is 30.0 Å². The summed E-state index contributed by atoms with van der Waals surface area (Å²) in [5, 5.41) is 12.2. The van der Waals surface area contributed by atoms with Crippen molar-refractivity contribution >= 4 is 17.5 Å². The summed E-state index contributed by atoms with van der Waals surface area (Å²) in [6.45, 7) is 0. The van der Waals surface area contributed by atoms with Crippen LogP contribution < -0.4 is 9.47 Å². The van der Waals surface area contributed by atoms with Crippen LogP contribution in [0.2, 0.25) is 0 Å². The molecular formula is C17H16N4O3S. The number of methoxy groups -OCH3 is 2. The average Bonchev–Trinajstić information content (AvgIpc) is 3.14. The minimum atomic E-state index is -0.0767. The molecule has 0 fully saturated rings. The van der Waals surface area contributed by atoms with Crippen molar-refractivity contribution in [2.24, 2.45) is 0 Å². The summed E-state index contributed by atoms with van der Waals surface area (Å²) < 4.78 is 12.0. The van der Waals surface area contributed by atoms with E-state index in [2.05, 4.69) is 15.5 Å². The highest BCUT2D eigenvalue weighted by Gasteiger charge is 2.16. The van der Waals surface area contributed by atoms with Crippen LogP contribution in [0, 0.1) is 0 Å². The van der Waals surface area contributed by atoms with E-state index in [4.69, 9.17) is 9.47 Å². The molecule has 0 aliphatic carbocycles. The van der Waals surface area contributed by atoms with Gasteiger partial charge in [0, 0.05) is 6.07 Å². The minimum Gasteiger partial charge on any atom is -0.497 e. The van der Waals surface area contributed by atoms with Gasteiger partial charge in [-0.3, -0.25) is 4.79 Å². The molecule has 25 heavy (non-hydrogen) atoms. The second-order valence-corrected chi connectivity index (χ2v) is 5.93. The minimum absolute atomic E-state index is 0.0767. The van der Waals surface area contributed by atoms with Crippen molar-refractivity contribution in [3.8, 4) is 17.2 Å². The maximum Gasteiger partial charge on any atom is 0.214 e. The number of tetrazole rings is 1. The molecule has 1 aromatic heterocycles. The van der Waals surface area contributed by atoms with Crippen LogP contribution in [0.25, 0.3) is 5.69 Å². The Bertz CT molecular complexity index is 867. The Morgan fingerprint density at radius 2 is 1.92 bits per heavy atom. The number of carbonyl (C=O) groups is 1. The Kier molecular flexibility index (Phi) is 5.30. The molecule has 2 aromatic carbocycles. The lowest BCUT2D eigenvalue weighted by atomic mass is 10.1. The summed E-state index contributed by atoms with van der Waals surface area (Å²) in [5.41, 5.74) is 1.33. The second kappa shape index (κ2) is 7.80. The maximum atomic E-state index is 12.5. The highest BCUT2D eigenvalue weighted by Crippen LogP contribution is 2.27. The Balaban J connectivity index is 1.75. The number of ketones is 1. The number of carbonyl (C=O) groups excluding carboxylic acids is 1. The van der Waals surface area contributed by atoms with E-state index in [9.17, 15) is 4.79 Å². The van der Waals surface area contributed by atoms with Crippen LogP contribution >= 0.6 is 11.8 Å². The molecule has 0 unspecified atom stereocenters. The molecule has 128 valence electrons. The van der Waals surface area contributed by atoms with Crippen molar-refractivity contribution < 1.29 is 14.3 Å². The van der Waals surface area contributed by atoms with Crippen LogP contribution in [0.4, 0.5) is 0 Å². The van der Waals surface area contributed by atoms with Crippen LogP contribution in [-0.4, -0.2) is 46.0 Å². The van der Waals surface area contributed by atoms with Gasteiger partial charge < -0.3 is 9.47 Å². The number of ether oxygens (including phenoxy) is 2. The second-order valence-electron chi connectivity index (χ2n) is 4.99. The third-order valence-corrected chi connectivity index (χ3v) is 4.40. The molecule has 0 aliphatic heterocycles. The third-order valence-electron chi connectivity index (χ3n) is 3.48. The third kappa shape index (κ3) is 3.80. The van der Waals surface area contributed by atoms with E-state index in [1.165, 1.54) is 18.9 Å². The molecule has 7 nitrogen and oxygen atoms in total. The van der Waals surface area contributed by atoms with E-state index in [1.54, 1.807) is 30.0 Å². The monoisotopic (exact) mass is 356 g/mol. The Labute approximate surface area is 149 Å². The topological polar surface area (TPSA) is 79.1 Å². The van der Waals surface area contributed by atoms with Crippen LogP contribution in [0.5, 0.6) is 11.5 Å². The molecule has 0 N–H and O–H groups in total. The van der Waals surface area contributed by atoms with Gasteiger partial charge in [-0.25, -0.2) is 0 Å². The zero-order valence-corrected chi connectivity index (χ0v) is 14.6. The quantitative estimate of drug-likeness (QED) is 0.475. The summed E-state index contributed by atoms with van der Waals surface area (Å²) in [6.07, 6.45) is 0. The highest BCUT2D eigenvalue weighted by atomic mass is 32.2. The molecule has 0 saturated carbocycles. The smallest absolute Gasteiger partial charge is 0.214 e. The summed E-state index contributed by atoms with van der Waals surface area (Å²) in [4.78, 5) is 12.5. The van der Waals surface area contributed by atoms with Crippen molar-refractivity contribution in [1.82, 2.24) is 20.2 Å². The number of Topliss-reactive ketones (excluding diaryl/α,β-unsaturated/α-hetero) is 1. The number of thioether (sulfide) groups is 1. The lowest BCUT2D eigenvalue weighted by Gasteiger charge is -2.09. The first-order chi connectivity index (χ1) is 12.2. The average molecular weight is 356 g/mol. The van der Waals surface area contributed by atoms with Crippen molar-refractivity contribution in [3.05, 3.63) is 54.1 Å². The van der Waals surface area contributed by atoms with Crippen molar-refractivity contribution in [2.45, 2.75) is 5.16 Å². The van der Waals surface area contributed by atoms with Crippen molar-refractivity contribution in [2.75, 3.05) is 20.0 Å². The van der Waals surface area contributed by atoms with Crippen molar-refractivity contribution in [1.29, 1.82) is 0 Å². The Hall–Kier alpha value is -2.87. The molecule has 0 bridgehead atoms. The highest BCUT2D eigenvalue weighted by molar-refractivity contribution is 7.99. The number of hydrogen-bond acceptors (Lipinski definition) is 7.